The third-order valence-corrected chi connectivity index (χ3v) is 8.20. The van der Waals surface area contributed by atoms with Gasteiger partial charge in [-0.1, -0.05) is 13.0 Å². The Morgan fingerprint density at radius 1 is 0.941 bits per heavy atom. The first-order valence-corrected chi connectivity index (χ1v) is 12.9. The van der Waals surface area contributed by atoms with E-state index in [1.165, 1.54) is 80.4 Å². The smallest absolute Gasteiger partial charge is 0.161 e. The summed E-state index contributed by atoms with van der Waals surface area (Å²) < 4.78 is 10.9. The Balaban J connectivity index is 1.33. The summed E-state index contributed by atoms with van der Waals surface area (Å²) in [6.07, 6.45) is 5.25. The van der Waals surface area contributed by atoms with Crippen LogP contribution < -0.4 is 9.47 Å². The van der Waals surface area contributed by atoms with Gasteiger partial charge in [-0.3, -0.25) is 4.90 Å². The third kappa shape index (κ3) is 4.44. The fraction of sp³-hybridized carbons (Fsp3) is 0.517. The molecule has 3 aromatic rings. The lowest BCUT2D eigenvalue weighted by Gasteiger charge is -2.42. The van der Waals surface area contributed by atoms with E-state index in [1.54, 1.807) is 14.2 Å². The summed E-state index contributed by atoms with van der Waals surface area (Å²) in [5.74, 6) is 2.17. The number of nitrogens with zero attached hydrogens (tertiary/aromatic N) is 2. The van der Waals surface area contributed by atoms with E-state index in [4.69, 9.17) is 9.47 Å². The van der Waals surface area contributed by atoms with Gasteiger partial charge in [-0.15, -0.1) is 0 Å². The minimum absolute atomic E-state index is 0.658. The number of piperidine rings is 2. The second kappa shape index (κ2) is 10.0. The zero-order valence-corrected chi connectivity index (χ0v) is 21.2. The number of likely N-dealkylation sites (tertiary alicyclic amines) is 2. The van der Waals surface area contributed by atoms with E-state index in [9.17, 15) is 0 Å². The van der Waals surface area contributed by atoms with Gasteiger partial charge in [0.2, 0.25) is 0 Å². The van der Waals surface area contributed by atoms with E-state index in [0.717, 1.165) is 28.8 Å². The average Bonchev–Trinajstić information content (AvgIpc) is 3.24. The number of aromatic amines is 1. The van der Waals surface area contributed by atoms with Crippen LogP contribution in [0.5, 0.6) is 11.5 Å². The van der Waals surface area contributed by atoms with Crippen LogP contribution in [0.15, 0.2) is 36.4 Å². The average molecular weight is 462 g/mol. The van der Waals surface area contributed by atoms with Crippen molar-refractivity contribution in [1.82, 2.24) is 14.8 Å². The highest BCUT2D eigenvalue weighted by Crippen LogP contribution is 2.37. The van der Waals surface area contributed by atoms with Gasteiger partial charge in [0.25, 0.3) is 0 Å². The topological polar surface area (TPSA) is 40.7 Å². The van der Waals surface area contributed by atoms with Gasteiger partial charge >= 0.3 is 0 Å². The molecule has 0 bridgehead atoms. The number of rotatable bonds is 6. The first kappa shape index (κ1) is 23.3. The van der Waals surface area contributed by atoms with E-state index in [-0.39, 0.29) is 0 Å². The second-order valence-corrected chi connectivity index (χ2v) is 10.00. The number of aromatic nitrogens is 1. The van der Waals surface area contributed by atoms with Gasteiger partial charge in [0, 0.05) is 34.7 Å². The van der Waals surface area contributed by atoms with Crippen LogP contribution in [-0.4, -0.2) is 67.8 Å². The maximum absolute atomic E-state index is 5.53. The summed E-state index contributed by atoms with van der Waals surface area (Å²) >= 11 is 0. The molecule has 0 spiro atoms. The SMILES string of the molecule is CCN1CCCC(N2CCC(c3ccc4[nH]c(-c5ccc(OC)c(OC)c5)c(C)c4c3)CC2)C1. The van der Waals surface area contributed by atoms with Crippen LogP contribution in [0.3, 0.4) is 0 Å². The Kier molecular flexibility index (Phi) is 6.84. The summed E-state index contributed by atoms with van der Waals surface area (Å²) in [5.41, 5.74) is 6.26. The molecule has 0 aliphatic carbocycles. The molecule has 3 heterocycles. The van der Waals surface area contributed by atoms with Gasteiger partial charge in [-0.25, -0.2) is 0 Å². The van der Waals surface area contributed by atoms with Crippen LogP contribution in [0.1, 0.15) is 49.7 Å². The number of aryl methyl sites for hydroxylation is 1. The Bertz CT molecular complexity index is 1130. The second-order valence-electron chi connectivity index (χ2n) is 10.00. The molecule has 1 atom stereocenters. The maximum atomic E-state index is 5.53. The molecule has 182 valence electrons. The molecule has 0 radical (unpaired) electrons. The van der Waals surface area contributed by atoms with E-state index in [0.29, 0.717) is 5.92 Å². The molecule has 2 aliphatic heterocycles. The molecule has 1 unspecified atom stereocenters. The van der Waals surface area contributed by atoms with Crippen LogP contribution in [0, 0.1) is 6.92 Å². The summed E-state index contributed by atoms with van der Waals surface area (Å²) in [5, 5.41) is 1.33. The van der Waals surface area contributed by atoms with Crippen LogP contribution in [0.25, 0.3) is 22.2 Å². The molecule has 2 saturated heterocycles. The third-order valence-electron chi connectivity index (χ3n) is 8.20. The van der Waals surface area contributed by atoms with Gasteiger partial charge in [0.05, 0.1) is 14.2 Å². The minimum Gasteiger partial charge on any atom is -0.493 e. The van der Waals surface area contributed by atoms with Gasteiger partial charge in [0.1, 0.15) is 0 Å². The normalized spacial score (nSPS) is 20.6. The Hall–Kier alpha value is -2.50. The number of benzene rings is 2. The quantitative estimate of drug-likeness (QED) is 0.502. The lowest BCUT2D eigenvalue weighted by atomic mass is 9.87. The summed E-state index contributed by atoms with van der Waals surface area (Å²) in [6, 6.07) is 13.9. The van der Waals surface area contributed by atoms with E-state index in [1.807, 2.05) is 6.07 Å². The van der Waals surface area contributed by atoms with Crippen molar-refractivity contribution in [1.29, 1.82) is 0 Å². The molecule has 2 fully saturated rings. The van der Waals surface area contributed by atoms with Crippen LogP contribution in [0.4, 0.5) is 0 Å². The van der Waals surface area contributed by atoms with Gasteiger partial charge in [0.15, 0.2) is 11.5 Å². The zero-order valence-electron chi connectivity index (χ0n) is 21.2. The number of methoxy groups -OCH3 is 2. The van der Waals surface area contributed by atoms with Gasteiger partial charge in [-0.05, 0) is 106 Å². The molecule has 5 heteroatoms. The molecule has 5 nitrogen and oxygen atoms in total. The van der Waals surface area contributed by atoms with E-state index in [2.05, 4.69) is 59.0 Å². The van der Waals surface area contributed by atoms with Crippen molar-refractivity contribution < 1.29 is 9.47 Å². The number of fused-ring (bicyclic) bond motifs is 1. The fourth-order valence-electron chi connectivity index (χ4n) is 6.09. The molecular weight excluding hydrogens is 422 g/mol. The molecule has 0 amide bonds. The Labute approximate surface area is 204 Å². The number of ether oxygens (including phenoxy) is 2. The van der Waals surface area contributed by atoms with E-state index < -0.39 is 0 Å². The summed E-state index contributed by atoms with van der Waals surface area (Å²) in [7, 11) is 3.36. The van der Waals surface area contributed by atoms with Gasteiger partial charge < -0.3 is 19.4 Å². The minimum atomic E-state index is 0.658. The first-order chi connectivity index (χ1) is 16.6. The van der Waals surface area contributed by atoms with E-state index >= 15 is 0 Å². The molecule has 1 aromatic heterocycles. The number of likely N-dealkylation sites (N-methyl/N-ethyl adjacent to an activating group) is 1. The molecule has 1 N–H and O–H groups in total. The Morgan fingerprint density at radius 2 is 1.74 bits per heavy atom. The number of hydrogen-bond donors (Lipinski definition) is 1. The highest BCUT2D eigenvalue weighted by molar-refractivity contribution is 5.91. The highest BCUT2D eigenvalue weighted by Gasteiger charge is 2.29. The van der Waals surface area contributed by atoms with Crippen LogP contribution in [-0.2, 0) is 0 Å². The monoisotopic (exact) mass is 461 g/mol. The van der Waals surface area contributed by atoms with Crippen LogP contribution in [0.2, 0.25) is 0 Å². The van der Waals surface area contributed by atoms with Crippen molar-refractivity contribution in [3.8, 4) is 22.8 Å². The van der Waals surface area contributed by atoms with Crippen molar-refractivity contribution in [2.75, 3.05) is 46.9 Å². The highest BCUT2D eigenvalue weighted by atomic mass is 16.5. The molecule has 2 aromatic carbocycles. The molecule has 34 heavy (non-hydrogen) atoms. The predicted octanol–water partition coefficient (Wildman–Crippen LogP) is 5.82. The zero-order chi connectivity index (χ0) is 23.7. The fourth-order valence-corrected chi connectivity index (χ4v) is 6.09. The summed E-state index contributed by atoms with van der Waals surface area (Å²) in [4.78, 5) is 9.04. The van der Waals surface area contributed by atoms with Crippen molar-refractivity contribution in [3.05, 3.63) is 47.5 Å². The lowest BCUT2D eigenvalue weighted by molar-refractivity contribution is 0.0803. The van der Waals surface area contributed by atoms with Crippen molar-refractivity contribution >= 4 is 10.9 Å². The molecule has 0 saturated carbocycles. The standard InChI is InChI=1S/C29H39N3O2/c1-5-31-14-6-7-24(19-31)32-15-12-21(13-16-32)22-8-10-26-25(17-22)20(2)29(30-26)23-9-11-27(33-3)28(18-23)34-4/h8-11,17-18,21,24,30H,5-7,12-16,19H2,1-4H3. The summed E-state index contributed by atoms with van der Waals surface area (Å²) in [6.45, 7) is 10.7. The predicted molar refractivity (Wildman–Crippen MR) is 140 cm³/mol. The Morgan fingerprint density at radius 3 is 2.47 bits per heavy atom. The molecule has 5 rings (SSSR count). The largest absolute Gasteiger partial charge is 0.493 e. The lowest BCUT2D eigenvalue weighted by Crippen LogP contribution is -2.50. The number of nitrogens with one attached hydrogen (secondary N) is 1. The maximum Gasteiger partial charge on any atom is 0.161 e. The number of H-pyrrole nitrogens is 1. The van der Waals surface area contributed by atoms with Crippen molar-refractivity contribution in [2.45, 2.75) is 51.5 Å². The number of hydrogen-bond acceptors (Lipinski definition) is 4. The first-order valence-electron chi connectivity index (χ1n) is 12.9. The van der Waals surface area contributed by atoms with Crippen molar-refractivity contribution in [2.24, 2.45) is 0 Å². The van der Waals surface area contributed by atoms with Crippen LogP contribution >= 0.6 is 0 Å². The van der Waals surface area contributed by atoms with Crippen molar-refractivity contribution in [3.63, 3.8) is 0 Å². The van der Waals surface area contributed by atoms with Gasteiger partial charge in [-0.2, -0.15) is 0 Å². The molecule has 2 aliphatic rings. The molecular formula is C29H39N3O2.